The standard InChI is InChI=1S/C32H29N5O4S/c1-21-22(2)41-32(34-21)35-31(38)25-13-9-10-23(18-25)19-27-29(28-14-7-8-16-33-28)36-37(26-15-17-42(39,40)20-26)30(27)24-11-5-3-4-6-12-24/h3-5,7-14,16,18,26H,15,17,19-20H2,1-2H3,(H,34,35,38). The van der Waals surface area contributed by atoms with E-state index in [1.54, 1.807) is 19.2 Å². The molecule has 9 nitrogen and oxygen atoms in total. The van der Waals surface area contributed by atoms with Crippen LogP contribution in [0.3, 0.4) is 0 Å². The Labute approximate surface area is 243 Å². The summed E-state index contributed by atoms with van der Waals surface area (Å²) >= 11 is 0. The third-order valence-electron chi connectivity index (χ3n) is 7.38. The van der Waals surface area contributed by atoms with Crippen LogP contribution < -0.4 is 5.32 Å². The smallest absolute Gasteiger partial charge is 0.302 e. The summed E-state index contributed by atoms with van der Waals surface area (Å²) in [6.45, 7) is 3.61. The number of aromatic nitrogens is 4. The van der Waals surface area contributed by atoms with Crippen molar-refractivity contribution < 1.29 is 17.6 Å². The first kappa shape index (κ1) is 27.4. The Morgan fingerprint density at radius 2 is 2.05 bits per heavy atom. The summed E-state index contributed by atoms with van der Waals surface area (Å²) in [6.07, 6.45) is 12.1. The van der Waals surface area contributed by atoms with Crippen molar-refractivity contribution in [2.45, 2.75) is 32.7 Å². The maximum absolute atomic E-state index is 13.1. The van der Waals surface area contributed by atoms with E-state index in [-0.39, 0.29) is 29.5 Å². The zero-order chi connectivity index (χ0) is 29.3. The van der Waals surface area contributed by atoms with Gasteiger partial charge in [-0.3, -0.25) is 19.8 Å². The number of hydrogen-bond donors (Lipinski definition) is 1. The fraction of sp³-hybridized carbons (Fsp3) is 0.219. The Hall–Kier alpha value is -4.79. The number of rotatable bonds is 7. The van der Waals surface area contributed by atoms with E-state index in [2.05, 4.69) is 21.0 Å². The molecule has 1 saturated heterocycles. The van der Waals surface area contributed by atoms with Crippen LogP contribution in [0.4, 0.5) is 6.01 Å². The van der Waals surface area contributed by atoms with Gasteiger partial charge in [0.25, 0.3) is 5.91 Å². The quantitative estimate of drug-likeness (QED) is 0.291. The molecule has 1 aliphatic heterocycles. The Morgan fingerprint density at radius 1 is 1.17 bits per heavy atom. The second-order valence-electron chi connectivity index (χ2n) is 10.4. The van der Waals surface area contributed by atoms with E-state index in [4.69, 9.17) is 9.52 Å². The number of nitrogens with zero attached hydrogens (tertiary/aromatic N) is 4. The van der Waals surface area contributed by atoms with Gasteiger partial charge in [0.15, 0.2) is 9.84 Å². The third-order valence-corrected chi connectivity index (χ3v) is 9.13. The van der Waals surface area contributed by atoms with Gasteiger partial charge < -0.3 is 4.42 Å². The van der Waals surface area contributed by atoms with E-state index in [1.807, 2.05) is 78.4 Å². The number of carbonyl (C=O) groups excluding carboxylic acids is 1. The average Bonchev–Trinajstić information content (AvgIpc) is 3.54. The average molecular weight is 580 g/mol. The molecule has 0 saturated carbocycles. The summed E-state index contributed by atoms with van der Waals surface area (Å²) in [4.78, 5) is 21.9. The van der Waals surface area contributed by atoms with Crippen molar-refractivity contribution in [3.8, 4) is 11.4 Å². The van der Waals surface area contributed by atoms with Crippen LogP contribution in [0.2, 0.25) is 0 Å². The van der Waals surface area contributed by atoms with E-state index in [0.29, 0.717) is 41.2 Å². The van der Waals surface area contributed by atoms with Gasteiger partial charge in [0, 0.05) is 29.3 Å². The Balaban J connectivity index is 1.45. The number of hydrogen-bond acceptors (Lipinski definition) is 7. The fourth-order valence-corrected chi connectivity index (χ4v) is 6.90. The summed E-state index contributed by atoms with van der Waals surface area (Å²) in [7, 11) is -3.17. The summed E-state index contributed by atoms with van der Waals surface area (Å²) in [5, 5.41) is 7.75. The van der Waals surface area contributed by atoms with Gasteiger partial charge in [-0.2, -0.15) is 10.1 Å². The van der Waals surface area contributed by atoms with Gasteiger partial charge >= 0.3 is 6.01 Å². The van der Waals surface area contributed by atoms with Crippen LogP contribution in [-0.4, -0.2) is 45.6 Å². The summed E-state index contributed by atoms with van der Waals surface area (Å²) < 4.78 is 32.4. The number of anilines is 1. The minimum absolute atomic E-state index is 0.0286. The Kier molecular flexibility index (Phi) is 7.33. The molecule has 3 aromatic heterocycles. The van der Waals surface area contributed by atoms with Gasteiger partial charge in [0.05, 0.1) is 34.6 Å². The highest BCUT2D eigenvalue weighted by Crippen LogP contribution is 2.36. The van der Waals surface area contributed by atoms with Crippen molar-refractivity contribution >= 4 is 27.3 Å². The van der Waals surface area contributed by atoms with Crippen molar-refractivity contribution in [1.82, 2.24) is 19.7 Å². The molecule has 1 fully saturated rings. The Bertz CT molecular complexity index is 1890. The maximum atomic E-state index is 13.1. The van der Waals surface area contributed by atoms with Gasteiger partial charge in [0.1, 0.15) is 11.5 Å². The molecule has 4 aromatic rings. The van der Waals surface area contributed by atoms with E-state index in [9.17, 15) is 13.2 Å². The van der Waals surface area contributed by atoms with Crippen LogP contribution in [-0.2, 0) is 16.3 Å². The minimum atomic E-state index is -3.17. The van der Waals surface area contributed by atoms with Gasteiger partial charge in [-0.25, -0.2) is 8.42 Å². The predicted octanol–water partition coefficient (Wildman–Crippen LogP) is 5.42. The first-order valence-corrected chi connectivity index (χ1v) is 15.5. The molecule has 2 aliphatic rings. The minimum Gasteiger partial charge on any atom is -0.428 e. The molecule has 4 heterocycles. The lowest BCUT2D eigenvalue weighted by Gasteiger charge is -2.15. The molecular formula is C32H29N5O4S. The van der Waals surface area contributed by atoms with Gasteiger partial charge in [0.2, 0.25) is 0 Å². The molecular weight excluding hydrogens is 550 g/mol. The van der Waals surface area contributed by atoms with Crippen LogP contribution in [0, 0.1) is 13.8 Å². The zero-order valence-corrected chi connectivity index (χ0v) is 24.1. The second-order valence-corrected chi connectivity index (χ2v) is 12.6. The van der Waals surface area contributed by atoms with E-state index >= 15 is 0 Å². The number of carbonyl (C=O) groups is 1. The summed E-state index contributed by atoms with van der Waals surface area (Å²) in [6, 6.07) is 12.8. The fourth-order valence-electron chi connectivity index (χ4n) is 5.21. The molecule has 0 bridgehead atoms. The number of amides is 1. The van der Waals surface area contributed by atoms with Crippen molar-refractivity contribution in [2.24, 2.45) is 0 Å². The van der Waals surface area contributed by atoms with Crippen molar-refractivity contribution in [1.29, 1.82) is 0 Å². The first-order chi connectivity index (χ1) is 20.3. The molecule has 1 aliphatic carbocycles. The van der Waals surface area contributed by atoms with Crippen LogP contribution in [0.5, 0.6) is 0 Å². The van der Waals surface area contributed by atoms with Crippen molar-refractivity contribution in [3.05, 3.63) is 119 Å². The molecule has 1 aromatic carbocycles. The Morgan fingerprint density at radius 3 is 2.79 bits per heavy atom. The molecule has 212 valence electrons. The highest BCUT2D eigenvalue weighted by atomic mass is 32.2. The van der Waals surface area contributed by atoms with Gasteiger partial charge in [-0.1, -0.05) is 36.4 Å². The molecule has 1 amide bonds. The largest absolute Gasteiger partial charge is 0.428 e. The lowest BCUT2D eigenvalue weighted by atomic mass is 9.96. The number of aryl methyl sites for hydroxylation is 2. The normalized spacial score (nSPS) is 17.3. The lowest BCUT2D eigenvalue weighted by Crippen LogP contribution is -2.15. The van der Waals surface area contributed by atoms with Crippen LogP contribution in [0.1, 0.15) is 51.1 Å². The number of oxazole rings is 1. The van der Waals surface area contributed by atoms with Crippen molar-refractivity contribution in [2.75, 3.05) is 16.8 Å². The van der Waals surface area contributed by atoms with Gasteiger partial charge in [-0.05, 0) is 62.2 Å². The zero-order valence-electron chi connectivity index (χ0n) is 23.2. The van der Waals surface area contributed by atoms with Crippen molar-refractivity contribution in [3.63, 3.8) is 0 Å². The van der Waals surface area contributed by atoms with E-state index in [0.717, 1.165) is 22.4 Å². The molecule has 1 atom stereocenters. The highest BCUT2D eigenvalue weighted by Gasteiger charge is 2.34. The number of allylic oxidation sites excluding steroid dienone is 5. The number of benzene rings is 1. The van der Waals surface area contributed by atoms with E-state index in [1.165, 1.54) is 0 Å². The summed E-state index contributed by atoms with van der Waals surface area (Å²) in [5.74, 6) is 0.466. The highest BCUT2D eigenvalue weighted by molar-refractivity contribution is 7.91. The number of sulfone groups is 1. The maximum Gasteiger partial charge on any atom is 0.302 e. The molecule has 0 spiro atoms. The SMILES string of the molecule is Cc1nc(NC(=O)c2cccc(Cc3c(-c4ccccn4)nn(C4CCS(=O)(=O)C4)c3C3=CC=CC=C=C3)c2)oc1C. The first-order valence-electron chi connectivity index (χ1n) is 13.6. The van der Waals surface area contributed by atoms with Crippen LogP contribution >= 0.6 is 0 Å². The number of nitrogens with one attached hydrogen (secondary N) is 1. The summed E-state index contributed by atoms with van der Waals surface area (Å²) in [5.41, 5.74) is 9.13. The second kappa shape index (κ2) is 11.2. The molecule has 42 heavy (non-hydrogen) atoms. The van der Waals surface area contributed by atoms with Gasteiger partial charge in [-0.15, -0.1) is 5.73 Å². The van der Waals surface area contributed by atoms with Crippen LogP contribution in [0.25, 0.3) is 17.0 Å². The molecule has 1 N–H and O–H groups in total. The molecule has 10 heteroatoms. The molecule has 0 radical (unpaired) electrons. The lowest BCUT2D eigenvalue weighted by molar-refractivity contribution is 0.102. The molecule has 6 rings (SSSR count). The molecule has 1 unspecified atom stereocenters. The third kappa shape index (κ3) is 5.68. The van der Waals surface area contributed by atoms with Crippen LogP contribution in [0.15, 0.2) is 89.2 Å². The number of pyridine rings is 1. The predicted molar refractivity (Wildman–Crippen MR) is 161 cm³/mol. The topological polar surface area (TPSA) is 120 Å². The van der Waals surface area contributed by atoms with E-state index < -0.39 is 9.84 Å². The monoisotopic (exact) mass is 579 g/mol.